The van der Waals surface area contributed by atoms with Gasteiger partial charge in [-0.1, -0.05) is 18.5 Å². The number of hydrogen-bond donors (Lipinski definition) is 1. The fourth-order valence-corrected chi connectivity index (χ4v) is 1.79. The number of benzene rings is 1. The Labute approximate surface area is 100.0 Å². The van der Waals surface area contributed by atoms with Crippen LogP contribution in [0.1, 0.15) is 12.5 Å². The average molecular weight is 237 g/mol. The third-order valence-electron chi connectivity index (χ3n) is 2.71. The Bertz CT molecular complexity index is 435. The molecule has 1 saturated heterocycles. The molecule has 0 spiro atoms. The summed E-state index contributed by atoms with van der Waals surface area (Å²) in [6.45, 7) is 4.48. The van der Waals surface area contributed by atoms with Gasteiger partial charge in [-0.25, -0.2) is 0 Å². The van der Waals surface area contributed by atoms with Gasteiger partial charge in [0.05, 0.1) is 24.5 Å². The highest BCUT2D eigenvalue weighted by Crippen LogP contribution is 2.28. The lowest BCUT2D eigenvalue weighted by atomic mass is 9.88. The Morgan fingerprint density at radius 3 is 2.88 bits per heavy atom. The van der Waals surface area contributed by atoms with Crippen LogP contribution >= 0.6 is 11.6 Å². The third kappa shape index (κ3) is 2.29. The molecule has 1 aromatic rings. The van der Waals surface area contributed by atoms with Crippen molar-refractivity contribution < 1.29 is 4.74 Å². The second-order valence-electron chi connectivity index (χ2n) is 4.46. The molecule has 0 saturated carbocycles. The Balaban J connectivity index is 2.08. The van der Waals surface area contributed by atoms with Crippen LogP contribution in [0.3, 0.4) is 0 Å². The van der Waals surface area contributed by atoms with E-state index in [9.17, 15) is 0 Å². The van der Waals surface area contributed by atoms with Crippen molar-refractivity contribution in [3.05, 3.63) is 28.8 Å². The molecule has 0 aliphatic carbocycles. The summed E-state index contributed by atoms with van der Waals surface area (Å²) >= 11 is 5.90. The van der Waals surface area contributed by atoms with Crippen molar-refractivity contribution in [2.45, 2.75) is 6.92 Å². The van der Waals surface area contributed by atoms with Crippen LogP contribution in [-0.4, -0.2) is 19.8 Å². The molecule has 0 radical (unpaired) electrons. The molecule has 1 aromatic carbocycles. The van der Waals surface area contributed by atoms with Crippen molar-refractivity contribution in [1.82, 2.24) is 0 Å². The number of nitrogens with one attached hydrogen (secondary N) is 1. The summed E-state index contributed by atoms with van der Waals surface area (Å²) in [5.41, 5.74) is 1.59. The van der Waals surface area contributed by atoms with Crippen molar-refractivity contribution in [3.63, 3.8) is 0 Å². The van der Waals surface area contributed by atoms with E-state index in [1.165, 1.54) is 0 Å². The topological polar surface area (TPSA) is 45.0 Å². The lowest BCUT2D eigenvalue weighted by molar-refractivity contribution is -0.0924. The minimum absolute atomic E-state index is 0.176. The van der Waals surface area contributed by atoms with Crippen molar-refractivity contribution in [1.29, 1.82) is 5.26 Å². The van der Waals surface area contributed by atoms with Gasteiger partial charge < -0.3 is 10.1 Å². The molecule has 0 bridgehead atoms. The van der Waals surface area contributed by atoms with E-state index in [2.05, 4.69) is 18.3 Å². The maximum atomic E-state index is 8.95. The molecule has 1 aliphatic heterocycles. The van der Waals surface area contributed by atoms with Crippen LogP contribution in [0.2, 0.25) is 5.02 Å². The van der Waals surface area contributed by atoms with E-state index in [-0.39, 0.29) is 5.41 Å². The van der Waals surface area contributed by atoms with Gasteiger partial charge in [-0.05, 0) is 18.2 Å². The first-order valence-electron chi connectivity index (χ1n) is 5.14. The van der Waals surface area contributed by atoms with E-state index in [1.54, 1.807) is 18.2 Å². The number of ether oxygens (including phenoxy) is 1. The van der Waals surface area contributed by atoms with Gasteiger partial charge in [-0.3, -0.25) is 0 Å². The van der Waals surface area contributed by atoms with Gasteiger partial charge in [0, 0.05) is 17.0 Å². The minimum Gasteiger partial charge on any atom is -0.383 e. The van der Waals surface area contributed by atoms with Crippen LogP contribution in [0, 0.1) is 16.7 Å². The van der Waals surface area contributed by atoms with Crippen molar-refractivity contribution in [3.8, 4) is 6.07 Å². The summed E-state index contributed by atoms with van der Waals surface area (Å²) < 4.78 is 5.18. The normalized spacial score (nSPS) is 17.3. The first-order valence-corrected chi connectivity index (χ1v) is 5.52. The molecule has 0 amide bonds. The van der Waals surface area contributed by atoms with Gasteiger partial charge in [0.2, 0.25) is 0 Å². The van der Waals surface area contributed by atoms with Crippen LogP contribution < -0.4 is 5.32 Å². The number of hydrogen-bond acceptors (Lipinski definition) is 3. The summed E-state index contributed by atoms with van der Waals surface area (Å²) in [7, 11) is 0. The monoisotopic (exact) mass is 236 g/mol. The van der Waals surface area contributed by atoms with Gasteiger partial charge in [0.25, 0.3) is 0 Å². The Hall–Kier alpha value is -1.24. The predicted molar refractivity (Wildman–Crippen MR) is 63.6 cm³/mol. The molecule has 0 aromatic heterocycles. The molecule has 84 valence electrons. The summed E-state index contributed by atoms with van der Waals surface area (Å²) in [6, 6.07) is 7.37. The SMILES string of the molecule is CC1(CNc2cc(Cl)ccc2C#N)COC1. The van der Waals surface area contributed by atoms with Crippen molar-refractivity contribution in [2.75, 3.05) is 25.1 Å². The second kappa shape index (κ2) is 4.32. The van der Waals surface area contributed by atoms with E-state index in [4.69, 9.17) is 21.6 Å². The van der Waals surface area contributed by atoms with E-state index >= 15 is 0 Å². The fourth-order valence-electron chi connectivity index (χ4n) is 1.62. The molecule has 4 heteroatoms. The van der Waals surface area contributed by atoms with Gasteiger partial charge in [-0.2, -0.15) is 5.26 Å². The zero-order valence-corrected chi connectivity index (χ0v) is 9.84. The lowest BCUT2D eigenvalue weighted by Gasteiger charge is -2.38. The second-order valence-corrected chi connectivity index (χ2v) is 4.90. The van der Waals surface area contributed by atoms with Gasteiger partial charge >= 0.3 is 0 Å². The van der Waals surface area contributed by atoms with Gasteiger partial charge in [0.1, 0.15) is 6.07 Å². The summed E-state index contributed by atoms with van der Waals surface area (Å²) in [6.07, 6.45) is 0. The molecular weight excluding hydrogens is 224 g/mol. The molecule has 3 nitrogen and oxygen atoms in total. The lowest BCUT2D eigenvalue weighted by Crippen LogP contribution is -2.45. The maximum absolute atomic E-state index is 8.95. The smallest absolute Gasteiger partial charge is 0.101 e. The van der Waals surface area contributed by atoms with Crippen molar-refractivity contribution in [2.24, 2.45) is 5.41 Å². The Kier molecular flexibility index (Phi) is 3.04. The highest BCUT2D eigenvalue weighted by molar-refractivity contribution is 6.30. The number of halogens is 1. The highest BCUT2D eigenvalue weighted by Gasteiger charge is 2.33. The zero-order chi connectivity index (χ0) is 11.6. The standard InChI is InChI=1S/C12H13ClN2O/c1-12(7-16-8-12)6-15-11-4-10(13)3-2-9(11)5-14/h2-4,15H,6-8H2,1H3. The number of anilines is 1. The van der Waals surface area contributed by atoms with E-state index in [0.29, 0.717) is 10.6 Å². The first kappa shape index (κ1) is 11.3. The highest BCUT2D eigenvalue weighted by atomic mass is 35.5. The number of nitrogens with zero attached hydrogens (tertiary/aromatic N) is 1. The molecule has 1 fully saturated rings. The molecule has 2 rings (SSSR count). The van der Waals surface area contributed by atoms with Crippen LogP contribution in [-0.2, 0) is 4.74 Å². The third-order valence-corrected chi connectivity index (χ3v) is 2.94. The van der Waals surface area contributed by atoms with Gasteiger partial charge in [0.15, 0.2) is 0 Å². The quantitative estimate of drug-likeness (QED) is 0.878. The summed E-state index contributed by atoms with van der Waals surface area (Å²) in [5, 5.41) is 12.8. The molecule has 1 N–H and O–H groups in total. The minimum atomic E-state index is 0.176. The maximum Gasteiger partial charge on any atom is 0.101 e. The number of nitriles is 1. The van der Waals surface area contributed by atoms with Crippen LogP contribution in [0.15, 0.2) is 18.2 Å². The van der Waals surface area contributed by atoms with Crippen LogP contribution in [0.4, 0.5) is 5.69 Å². The molecule has 0 atom stereocenters. The first-order chi connectivity index (χ1) is 7.63. The van der Waals surface area contributed by atoms with Crippen LogP contribution in [0.5, 0.6) is 0 Å². The Morgan fingerprint density at radius 2 is 2.31 bits per heavy atom. The zero-order valence-electron chi connectivity index (χ0n) is 9.09. The van der Waals surface area contributed by atoms with E-state index in [1.807, 2.05) is 0 Å². The average Bonchev–Trinajstić information content (AvgIpc) is 2.24. The largest absolute Gasteiger partial charge is 0.383 e. The van der Waals surface area contributed by atoms with E-state index < -0.39 is 0 Å². The number of rotatable bonds is 3. The molecule has 0 unspecified atom stereocenters. The van der Waals surface area contributed by atoms with Gasteiger partial charge in [-0.15, -0.1) is 0 Å². The molecular formula is C12H13ClN2O. The summed E-state index contributed by atoms with van der Waals surface area (Å²) in [5.74, 6) is 0. The Morgan fingerprint density at radius 1 is 1.56 bits per heavy atom. The van der Waals surface area contributed by atoms with Crippen molar-refractivity contribution >= 4 is 17.3 Å². The summed E-state index contributed by atoms with van der Waals surface area (Å²) in [4.78, 5) is 0. The fraction of sp³-hybridized carbons (Fsp3) is 0.417. The molecule has 1 heterocycles. The van der Waals surface area contributed by atoms with Crippen LogP contribution in [0.25, 0.3) is 0 Å². The predicted octanol–water partition coefficient (Wildman–Crippen LogP) is 2.66. The molecule has 16 heavy (non-hydrogen) atoms. The van der Waals surface area contributed by atoms with E-state index in [0.717, 1.165) is 25.4 Å². The molecule has 1 aliphatic rings.